The molecular weight excluding hydrogens is 254 g/mol. The number of nitrogens with zero attached hydrogens (tertiary/aromatic N) is 3. The average molecular weight is 266 g/mol. The number of hydrogen-bond acceptors (Lipinski definition) is 5. The van der Waals surface area contributed by atoms with Crippen LogP contribution in [0.5, 0.6) is 11.5 Å². The van der Waals surface area contributed by atoms with E-state index >= 15 is 0 Å². The highest BCUT2D eigenvalue weighted by Gasteiger charge is 2.29. The Morgan fingerprint density at radius 1 is 1.22 bits per heavy atom. The van der Waals surface area contributed by atoms with Crippen LogP contribution in [-0.4, -0.2) is 43.3 Å². The molecule has 0 fully saturated rings. The van der Waals surface area contributed by atoms with Gasteiger partial charge < -0.3 is 9.47 Å². The Morgan fingerprint density at radius 2 is 1.94 bits per heavy atom. The lowest BCUT2D eigenvalue weighted by Crippen LogP contribution is -2.34. The van der Waals surface area contributed by atoms with Gasteiger partial charge in [0.25, 0.3) is 0 Å². The Labute approximate surface area is 110 Å². The van der Waals surface area contributed by atoms with Gasteiger partial charge in [0.1, 0.15) is 5.84 Å². The molecule has 0 aliphatic carbocycles. The van der Waals surface area contributed by atoms with Crippen molar-refractivity contribution in [3.8, 4) is 11.5 Å². The number of ether oxygens (including phenoxy) is 2. The molecule has 2 aliphatic rings. The molecule has 5 nitrogen and oxygen atoms in total. The fourth-order valence-electron chi connectivity index (χ4n) is 2.16. The molecule has 2 heterocycles. The maximum Gasteiger partial charge on any atom is 0.204 e. The normalized spacial score (nSPS) is 16.7. The third kappa shape index (κ3) is 1.54. The minimum absolute atomic E-state index is 0.450. The fraction of sp³-hybridized carbons (Fsp3) is 0.333. The van der Waals surface area contributed by atoms with Gasteiger partial charge in [-0.3, -0.25) is 9.89 Å². The fourth-order valence-corrected chi connectivity index (χ4v) is 2.41. The van der Waals surface area contributed by atoms with Gasteiger partial charge in [-0.2, -0.15) is 0 Å². The zero-order valence-corrected chi connectivity index (χ0v) is 10.9. The van der Waals surface area contributed by atoms with Crippen molar-refractivity contribution in [2.45, 2.75) is 0 Å². The van der Waals surface area contributed by atoms with E-state index in [0.717, 1.165) is 30.2 Å². The Balaban J connectivity index is 2.20. The second-order valence-electron chi connectivity index (χ2n) is 3.96. The Bertz CT molecular complexity index is 569. The molecule has 2 aliphatic heterocycles. The van der Waals surface area contributed by atoms with E-state index in [1.807, 2.05) is 17.0 Å². The summed E-state index contributed by atoms with van der Waals surface area (Å²) in [5.74, 6) is 2.15. The van der Waals surface area contributed by atoms with E-state index in [1.165, 1.54) is 0 Å². The molecule has 94 valence electrons. The molecule has 18 heavy (non-hydrogen) atoms. The van der Waals surface area contributed by atoms with Gasteiger partial charge in [0.15, 0.2) is 11.5 Å². The Morgan fingerprint density at radius 3 is 2.67 bits per heavy atom. The van der Waals surface area contributed by atoms with Crippen LogP contribution in [0.4, 0.5) is 5.69 Å². The molecule has 0 spiro atoms. The standard InChI is InChI=1S/C12H12ClN3O2/c1-17-9-5-7-8(6-10(9)18-2)15-12(13)16-4-3-14-11(7)16/h5-6H,3-4H2,1-2H3. The zero-order valence-electron chi connectivity index (χ0n) is 10.1. The van der Waals surface area contributed by atoms with Crippen LogP contribution in [0.3, 0.4) is 0 Å². The van der Waals surface area contributed by atoms with Crippen LogP contribution < -0.4 is 9.47 Å². The average Bonchev–Trinajstić information content (AvgIpc) is 2.87. The van der Waals surface area contributed by atoms with Crippen LogP contribution in [0.1, 0.15) is 5.56 Å². The molecule has 0 atom stereocenters. The van der Waals surface area contributed by atoms with Crippen molar-refractivity contribution in [2.24, 2.45) is 9.98 Å². The van der Waals surface area contributed by atoms with Gasteiger partial charge in [-0.05, 0) is 17.7 Å². The van der Waals surface area contributed by atoms with E-state index in [-0.39, 0.29) is 0 Å². The monoisotopic (exact) mass is 265 g/mol. The lowest BCUT2D eigenvalue weighted by atomic mass is 10.1. The number of amidine groups is 2. The van der Waals surface area contributed by atoms with E-state index < -0.39 is 0 Å². The molecule has 0 aromatic heterocycles. The lowest BCUT2D eigenvalue weighted by molar-refractivity contribution is 0.355. The number of hydrogen-bond donors (Lipinski definition) is 0. The highest BCUT2D eigenvalue weighted by atomic mass is 35.5. The first-order valence-electron chi connectivity index (χ1n) is 5.57. The van der Waals surface area contributed by atoms with Crippen molar-refractivity contribution in [1.29, 1.82) is 0 Å². The predicted molar refractivity (Wildman–Crippen MR) is 70.6 cm³/mol. The first-order valence-corrected chi connectivity index (χ1v) is 5.95. The number of aliphatic imine (C=N–C) groups is 2. The van der Waals surface area contributed by atoms with E-state index in [9.17, 15) is 0 Å². The summed E-state index contributed by atoms with van der Waals surface area (Å²) in [4.78, 5) is 10.7. The van der Waals surface area contributed by atoms with Gasteiger partial charge in [0, 0.05) is 18.2 Å². The van der Waals surface area contributed by atoms with Crippen molar-refractivity contribution < 1.29 is 9.47 Å². The molecule has 0 saturated heterocycles. The molecule has 1 aromatic rings. The van der Waals surface area contributed by atoms with Crippen LogP contribution in [0.2, 0.25) is 0 Å². The largest absolute Gasteiger partial charge is 0.493 e. The Hall–Kier alpha value is -1.75. The van der Waals surface area contributed by atoms with Crippen molar-refractivity contribution >= 4 is 28.4 Å². The molecule has 0 saturated carbocycles. The SMILES string of the molecule is COc1cc2c(cc1OC)C1=NCCN1C(Cl)=N2. The third-order valence-corrected chi connectivity index (χ3v) is 3.31. The first-order chi connectivity index (χ1) is 8.74. The Kier molecular flexibility index (Phi) is 2.63. The van der Waals surface area contributed by atoms with Gasteiger partial charge in [0.2, 0.25) is 5.29 Å². The number of rotatable bonds is 2. The van der Waals surface area contributed by atoms with Crippen LogP contribution in [-0.2, 0) is 0 Å². The summed E-state index contributed by atoms with van der Waals surface area (Å²) in [7, 11) is 3.20. The molecular formula is C12H12ClN3O2. The third-order valence-electron chi connectivity index (χ3n) is 3.02. The molecule has 1 aromatic carbocycles. The minimum atomic E-state index is 0.450. The number of benzene rings is 1. The maximum absolute atomic E-state index is 6.14. The van der Waals surface area contributed by atoms with Gasteiger partial charge in [0.05, 0.1) is 26.5 Å². The van der Waals surface area contributed by atoms with Gasteiger partial charge in [-0.25, -0.2) is 4.99 Å². The lowest BCUT2D eigenvalue weighted by Gasteiger charge is -2.24. The van der Waals surface area contributed by atoms with Gasteiger partial charge >= 0.3 is 0 Å². The van der Waals surface area contributed by atoms with E-state index in [2.05, 4.69) is 9.98 Å². The van der Waals surface area contributed by atoms with Gasteiger partial charge in [-0.15, -0.1) is 0 Å². The van der Waals surface area contributed by atoms with Crippen LogP contribution in [0.25, 0.3) is 0 Å². The topological polar surface area (TPSA) is 46.4 Å². The van der Waals surface area contributed by atoms with E-state index in [1.54, 1.807) is 14.2 Å². The maximum atomic E-state index is 6.14. The number of fused-ring (bicyclic) bond motifs is 3. The van der Waals surface area contributed by atoms with Gasteiger partial charge in [-0.1, -0.05) is 0 Å². The highest BCUT2D eigenvalue weighted by Crippen LogP contribution is 2.38. The number of methoxy groups -OCH3 is 2. The summed E-state index contributed by atoms with van der Waals surface area (Å²) in [6.07, 6.45) is 0. The van der Waals surface area contributed by atoms with Crippen LogP contribution in [0.15, 0.2) is 22.1 Å². The van der Waals surface area contributed by atoms with Crippen molar-refractivity contribution in [3.63, 3.8) is 0 Å². The molecule has 3 rings (SSSR count). The summed E-state index contributed by atoms with van der Waals surface area (Å²) < 4.78 is 10.6. The second-order valence-corrected chi connectivity index (χ2v) is 4.30. The van der Waals surface area contributed by atoms with Crippen molar-refractivity contribution in [1.82, 2.24) is 4.90 Å². The first kappa shape index (κ1) is 11.3. The molecule has 0 radical (unpaired) electrons. The van der Waals surface area contributed by atoms with Crippen molar-refractivity contribution in [2.75, 3.05) is 27.3 Å². The smallest absolute Gasteiger partial charge is 0.204 e. The number of halogens is 1. The molecule has 6 heteroatoms. The molecule has 0 N–H and O–H groups in total. The summed E-state index contributed by atoms with van der Waals surface area (Å²) in [6, 6.07) is 3.70. The van der Waals surface area contributed by atoms with E-state index in [0.29, 0.717) is 16.8 Å². The highest BCUT2D eigenvalue weighted by molar-refractivity contribution is 6.66. The zero-order chi connectivity index (χ0) is 12.7. The van der Waals surface area contributed by atoms with Crippen LogP contribution in [0, 0.1) is 0 Å². The predicted octanol–water partition coefficient (Wildman–Crippen LogP) is 2.01. The van der Waals surface area contributed by atoms with E-state index in [4.69, 9.17) is 21.1 Å². The summed E-state index contributed by atoms with van der Waals surface area (Å²) in [5.41, 5.74) is 1.68. The van der Waals surface area contributed by atoms with Crippen molar-refractivity contribution in [3.05, 3.63) is 17.7 Å². The summed E-state index contributed by atoms with van der Waals surface area (Å²) in [5, 5.41) is 0.450. The summed E-state index contributed by atoms with van der Waals surface area (Å²) in [6.45, 7) is 1.50. The molecule has 0 bridgehead atoms. The van der Waals surface area contributed by atoms with Crippen LogP contribution >= 0.6 is 11.6 Å². The second kappa shape index (κ2) is 4.17. The summed E-state index contributed by atoms with van der Waals surface area (Å²) >= 11 is 6.14. The quantitative estimate of drug-likeness (QED) is 0.769. The molecule has 0 unspecified atom stereocenters. The minimum Gasteiger partial charge on any atom is -0.493 e. The molecule has 0 amide bonds.